The highest BCUT2D eigenvalue weighted by Crippen LogP contribution is 2.39. The van der Waals surface area contributed by atoms with E-state index in [4.69, 9.17) is 0 Å². The van der Waals surface area contributed by atoms with Crippen molar-refractivity contribution in [3.05, 3.63) is 11.6 Å². The van der Waals surface area contributed by atoms with E-state index < -0.39 is 11.7 Å². The van der Waals surface area contributed by atoms with E-state index in [-0.39, 0.29) is 5.92 Å². The summed E-state index contributed by atoms with van der Waals surface area (Å²) in [5.41, 5.74) is 0.311. The van der Waals surface area contributed by atoms with E-state index in [9.17, 15) is 10.2 Å². The largest absolute Gasteiger partial charge is 0.393 e. The fourth-order valence-corrected chi connectivity index (χ4v) is 2.23. The summed E-state index contributed by atoms with van der Waals surface area (Å²) in [6.45, 7) is 5.67. The van der Waals surface area contributed by atoms with Crippen molar-refractivity contribution in [2.45, 2.75) is 51.7 Å². The molecule has 0 fully saturated rings. The molecule has 1 rings (SSSR count). The van der Waals surface area contributed by atoms with Crippen LogP contribution in [0.2, 0.25) is 0 Å². The number of aliphatic hydroxyl groups is 2. The van der Waals surface area contributed by atoms with Crippen molar-refractivity contribution in [2.75, 3.05) is 0 Å². The topological polar surface area (TPSA) is 40.5 Å². The van der Waals surface area contributed by atoms with Crippen LogP contribution in [0.25, 0.3) is 0 Å². The fourth-order valence-electron chi connectivity index (χ4n) is 2.23. The minimum Gasteiger partial charge on any atom is -0.393 e. The zero-order valence-corrected chi connectivity index (χ0v) is 8.75. The van der Waals surface area contributed by atoms with Crippen molar-refractivity contribution in [2.24, 2.45) is 5.92 Å². The number of rotatable bonds is 3. The maximum atomic E-state index is 10.2. The van der Waals surface area contributed by atoms with E-state index in [0.717, 1.165) is 24.8 Å². The lowest BCUT2D eigenvalue weighted by atomic mass is 9.83. The van der Waals surface area contributed by atoms with Crippen molar-refractivity contribution >= 4 is 0 Å². The molecular formula is C11H20O2. The van der Waals surface area contributed by atoms with Gasteiger partial charge in [-0.3, -0.25) is 0 Å². The summed E-state index contributed by atoms with van der Waals surface area (Å²) in [6, 6.07) is 0. The lowest BCUT2D eigenvalue weighted by Gasteiger charge is -2.31. The molecular weight excluding hydrogens is 164 g/mol. The molecule has 0 radical (unpaired) electrons. The van der Waals surface area contributed by atoms with Crippen molar-refractivity contribution < 1.29 is 10.2 Å². The van der Waals surface area contributed by atoms with Gasteiger partial charge in [0.2, 0.25) is 0 Å². The first-order valence-corrected chi connectivity index (χ1v) is 5.10. The molecule has 2 N–H and O–H groups in total. The molecule has 0 saturated carbocycles. The Balaban J connectivity index is 2.72. The summed E-state index contributed by atoms with van der Waals surface area (Å²) in [7, 11) is 0. The zero-order valence-electron chi connectivity index (χ0n) is 8.75. The van der Waals surface area contributed by atoms with Crippen LogP contribution in [0.5, 0.6) is 0 Å². The van der Waals surface area contributed by atoms with E-state index in [2.05, 4.69) is 13.0 Å². The molecule has 1 aliphatic rings. The molecule has 0 bridgehead atoms. The van der Waals surface area contributed by atoms with Crippen LogP contribution in [0.3, 0.4) is 0 Å². The van der Waals surface area contributed by atoms with Gasteiger partial charge in [0.15, 0.2) is 0 Å². The number of hydrogen-bond donors (Lipinski definition) is 2. The van der Waals surface area contributed by atoms with Crippen LogP contribution in [0.15, 0.2) is 11.6 Å². The summed E-state index contributed by atoms with van der Waals surface area (Å²) in [5.74, 6) is -0.0194. The first-order chi connectivity index (χ1) is 6.00. The van der Waals surface area contributed by atoms with Crippen LogP contribution < -0.4 is 0 Å². The summed E-state index contributed by atoms with van der Waals surface area (Å²) in [6.07, 6.45) is 4.45. The van der Waals surface area contributed by atoms with Gasteiger partial charge in [0.05, 0.1) is 11.7 Å². The van der Waals surface area contributed by atoms with Gasteiger partial charge in [-0.25, -0.2) is 0 Å². The van der Waals surface area contributed by atoms with Crippen molar-refractivity contribution in [1.82, 2.24) is 0 Å². The Labute approximate surface area is 80.3 Å². The molecule has 2 heteroatoms. The third kappa shape index (κ3) is 1.94. The van der Waals surface area contributed by atoms with Crippen molar-refractivity contribution in [1.29, 1.82) is 0 Å². The minimum atomic E-state index is -0.788. The number of hydrogen-bond acceptors (Lipinski definition) is 2. The Hall–Kier alpha value is -0.340. The predicted molar refractivity (Wildman–Crippen MR) is 53.4 cm³/mol. The third-order valence-electron chi connectivity index (χ3n) is 3.09. The molecule has 0 saturated heterocycles. The number of aliphatic hydroxyl groups excluding tert-OH is 1. The molecule has 13 heavy (non-hydrogen) atoms. The quantitative estimate of drug-likeness (QED) is 0.657. The average Bonchev–Trinajstić information content (AvgIpc) is 2.28. The maximum Gasteiger partial charge on any atom is 0.0884 e. The summed E-state index contributed by atoms with van der Waals surface area (Å²) in [5, 5.41) is 19.7. The van der Waals surface area contributed by atoms with Crippen LogP contribution in [0.4, 0.5) is 0 Å². The summed E-state index contributed by atoms with van der Waals surface area (Å²) >= 11 is 0. The van der Waals surface area contributed by atoms with Gasteiger partial charge < -0.3 is 10.2 Å². The second-order valence-corrected chi connectivity index (χ2v) is 4.21. The maximum absolute atomic E-state index is 10.2. The van der Waals surface area contributed by atoms with Gasteiger partial charge in [-0.15, -0.1) is 0 Å². The molecule has 1 aliphatic carbocycles. The Morgan fingerprint density at radius 2 is 2.31 bits per heavy atom. The Morgan fingerprint density at radius 1 is 1.69 bits per heavy atom. The third-order valence-corrected chi connectivity index (χ3v) is 3.09. The van der Waals surface area contributed by atoms with Crippen molar-refractivity contribution in [3.8, 4) is 0 Å². The van der Waals surface area contributed by atoms with Gasteiger partial charge in [-0.1, -0.05) is 19.4 Å². The number of allylic oxidation sites excluding steroid dienone is 1. The summed E-state index contributed by atoms with van der Waals surface area (Å²) in [4.78, 5) is 0. The van der Waals surface area contributed by atoms with E-state index in [0.29, 0.717) is 0 Å². The Morgan fingerprint density at radius 3 is 2.69 bits per heavy atom. The van der Waals surface area contributed by atoms with E-state index in [1.807, 2.05) is 6.92 Å². The highest BCUT2D eigenvalue weighted by atomic mass is 16.3. The molecule has 3 atom stereocenters. The lowest BCUT2D eigenvalue weighted by Crippen LogP contribution is -2.38. The predicted octanol–water partition coefficient (Wildman–Crippen LogP) is 1.86. The first-order valence-electron chi connectivity index (χ1n) is 5.10. The van der Waals surface area contributed by atoms with Gasteiger partial charge >= 0.3 is 0 Å². The van der Waals surface area contributed by atoms with Gasteiger partial charge in [0.25, 0.3) is 0 Å². The molecule has 1 unspecified atom stereocenters. The van der Waals surface area contributed by atoms with Crippen LogP contribution in [0, 0.1) is 5.92 Å². The highest BCUT2D eigenvalue weighted by molar-refractivity contribution is 5.24. The zero-order chi connectivity index (χ0) is 10.1. The van der Waals surface area contributed by atoms with Crippen LogP contribution >= 0.6 is 0 Å². The molecule has 0 heterocycles. The van der Waals surface area contributed by atoms with Crippen molar-refractivity contribution in [3.63, 3.8) is 0 Å². The molecule has 0 amide bonds. The SMILES string of the molecule is CCCC1=CC[C@@H]([C@H](C)O)C1(C)O. The van der Waals surface area contributed by atoms with E-state index >= 15 is 0 Å². The monoisotopic (exact) mass is 184 g/mol. The highest BCUT2D eigenvalue weighted by Gasteiger charge is 2.41. The molecule has 0 aromatic heterocycles. The fraction of sp³-hybridized carbons (Fsp3) is 0.818. The van der Waals surface area contributed by atoms with Crippen LogP contribution in [-0.4, -0.2) is 21.9 Å². The second kappa shape index (κ2) is 3.81. The molecule has 0 spiro atoms. The van der Waals surface area contributed by atoms with Gasteiger partial charge in [0.1, 0.15) is 0 Å². The van der Waals surface area contributed by atoms with Crippen LogP contribution in [0.1, 0.15) is 40.0 Å². The van der Waals surface area contributed by atoms with Gasteiger partial charge in [-0.05, 0) is 32.3 Å². The van der Waals surface area contributed by atoms with Gasteiger partial charge in [-0.2, -0.15) is 0 Å². The summed E-state index contributed by atoms with van der Waals surface area (Å²) < 4.78 is 0. The minimum absolute atomic E-state index is 0.0194. The average molecular weight is 184 g/mol. The standard InChI is InChI=1S/C11H20O2/c1-4-5-9-6-7-10(8(2)12)11(9,3)13/h6,8,10,12-13H,4-5,7H2,1-3H3/t8-,10-,11?/m0/s1. The Bertz CT molecular complexity index is 204. The molecule has 76 valence electrons. The smallest absolute Gasteiger partial charge is 0.0884 e. The molecule has 0 aromatic carbocycles. The van der Waals surface area contributed by atoms with E-state index in [1.54, 1.807) is 6.92 Å². The second-order valence-electron chi connectivity index (χ2n) is 4.21. The normalized spacial score (nSPS) is 36.1. The van der Waals surface area contributed by atoms with Gasteiger partial charge in [0, 0.05) is 5.92 Å². The Kier molecular flexibility index (Phi) is 3.14. The molecule has 0 aromatic rings. The molecule has 2 nitrogen and oxygen atoms in total. The van der Waals surface area contributed by atoms with Crippen LogP contribution in [-0.2, 0) is 0 Å². The first kappa shape index (κ1) is 10.7. The van der Waals surface area contributed by atoms with E-state index in [1.165, 1.54) is 0 Å². The lowest BCUT2D eigenvalue weighted by molar-refractivity contribution is -0.0174. The molecule has 0 aliphatic heterocycles.